The van der Waals surface area contributed by atoms with Gasteiger partial charge < -0.3 is 4.90 Å². The number of nitrogens with zero attached hydrogens (tertiary/aromatic N) is 3. The molecule has 0 saturated heterocycles. The average Bonchev–Trinajstić information content (AvgIpc) is 2.67. The van der Waals surface area contributed by atoms with Gasteiger partial charge >= 0.3 is 0 Å². The molecule has 1 atom stereocenters. The highest BCUT2D eigenvalue weighted by Gasteiger charge is 2.16. The molecule has 0 aliphatic rings. The summed E-state index contributed by atoms with van der Waals surface area (Å²) in [6.07, 6.45) is 0.974. The molecule has 0 bridgehead atoms. The predicted octanol–water partition coefficient (Wildman–Crippen LogP) is 4.11. The summed E-state index contributed by atoms with van der Waals surface area (Å²) in [6.45, 7) is 7.04. The van der Waals surface area contributed by atoms with E-state index in [1.165, 1.54) is 5.56 Å². The number of nitrogens with two attached hydrogens (primary N) is 1. The van der Waals surface area contributed by atoms with E-state index in [-0.39, 0.29) is 18.2 Å². The Morgan fingerprint density at radius 1 is 1.24 bits per heavy atom. The lowest BCUT2D eigenvalue weighted by molar-refractivity contribution is -0.117. The molecule has 0 spiro atoms. The molecule has 0 fully saturated rings. The van der Waals surface area contributed by atoms with Crippen LogP contribution in [0.3, 0.4) is 0 Å². The van der Waals surface area contributed by atoms with Crippen molar-refractivity contribution in [3.05, 3.63) is 64.2 Å². The highest BCUT2D eigenvalue weighted by Crippen LogP contribution is 2.26. The van der Waals surface area contributed by atoms with Crippen LogP contribution >= 0.6 is 0 Å². The summed E-state index contributed by atoms with van der Waals surface area (Å²) in [7, 11) is 3.06. The molecule has 2 aromatic carbocycles. The van der Waals surface area contributed by atoms with Crippen molar-refractivity contribution in [1.29, 1.82) is 5.26 Å². The van der Waals surface area contributed by atoms with Crippen LogP contribution in [0.2, 0.25) is 0 Å². The molecule has 0 aliphatic carbocycles. The van der Waals surface area contributed by atoms with Crippen LogP contribution < -0.4 is 5.14 Å². The van der Waals surface area contributed by atoms with E-state index in [4.69, 9.17) is 5.14 Å². The van der Waals surface area contributed by atoms with Gasteiger partial charge in [0.05, 0.1) is 18.1 Å². The van der Waals surface area contributed by atoms with Crippen LogP contribution in [0.5, 0.6) is 0 Å². The second kappa shape index (κ2) is 10.4. The first-order chi connectivity index (χ1) is 13.7. The monoisotopic (exact) mass is 410 g/mol. The van der Waals surface area contributed by atoms with Crippen LogP contribution in [-0.4, -0.2) is 24.9 Å². The van der Waals surface area contributed by atoms with Gasteiger partial charge in [-0.25, -0.2) is 0 Å². The van der Waals surface area contributed by atoms with Gasteiger partial charge in [-0.3, -0.25) is 9.93 Å². The molecule has 0 aliphatic heterocycles. The minimum absolute atomic E-state index is 0.210. The van der Waals surface area contributed by atoms with Crippen LogP contribution in [0.15, 0.2) is 45.7 Å². The van der Waals surface area contributed by atoms with E-state index in [1.807, 2.05) is 57.4 Å². The fraction of sp³-hybridized carbons (Fsp3) is 0.391. The Morgan fingerprint density at radius 3 is 2.41 bits per heavy atom. The molecular weight excluding hydrogens is 380 g/mol. The molecular formula is C23H30N4OS. The number of hydrogen-bond acceptors (Lipinski definition) is 3. The Bertz CT molecular complexity index is 941. The number of benzene rings is 2. The maximum Gasteiger partial charge on any atom is 0.257 e. The molecule has 6 heteroatoms. The van der Waals surface area contributed by atoms with Crippen LogP contribution in [0, 0.1) is 11.3 Å². The van der Waals surface area contributed by atoms with Gasteiger partial charge in [-0.15, -0.1) is 0 Å². The number of aryl methyl sites for hydroxylation is 1. The number of rotatable bonds is 7. The van der Waals surface area contributed by atoms with Gasteiger partial charge in [0.15, 0.2) is 0 Å². The molecule has 29 heavy (non-hydrogen) atoms. The number of carbonyl (C=O) groups is 1. The maximum atomic E-state index is 12.7. The fourth-order valence-electron chi connectivity index (χ4n) is 3.31. The summed E-state index contributed by atoms with van der Waals surface area (Å²) in [5.41, 5.74) is 4.87. The zero-order valence-electron chi connectivity index (χ0n) is 17.9. The van der Waals surface area contributed by atoms with Gasteiger partial charge in [0.25, 0.3) is 5.91 Å². The molecule has 154 valence electrons. The van der Waals surface area contributed by atoms with Crippen molar-refractivity contribution < 1.29 is 4.79 Å². The third kappa shape index (κ3) is 6.33. The molecule has 0 aromatic heterocycles. The quantitative estimate of drug-likeness (QED) is 0.745. The van der Waals surface area contributed by atoms with Crippen LogP contribution in [0.1, 0.15) is 54.5 Å². The van der Waals surface area contributed by atoms with Crippen LogP contribution in [0.25, 0.3) is 0 Å². The normalized spacial score (nSPS) is 12.4. The first kappa shape index (κ1) is 23.0. The highest BCUT2D eigenvalue weighted by atomic mass is 32.2. The van der Waals surface area contributed by atoms with Crippen molar-refractivity contribution in [2.24, 2.45) is 9.50 Å². The Labute approximate surface area is 176 Å². The topological polar surface area (TPSA) is 82.5 Å². The lowest BCUT2D eigenvalue weighted by atomic mass is 9.88. The Hall–Kier alpha value is -2.33. The summed E-state index contributed by atoms with van der Waals surface area (Å²) in [4.78, 5) is 15.6. The number of nitriles is 1. The Balaban J connectivity index is 2.27. The van der Waals surface area contributed by atoms with Crippen molar-refractivity contribution in [3.63, 3.8) is 0 Å². The van der Waals surface area contributed by atoms with Crippen LogP contribution in [0.4, 0.5) is 0 Å². The molecule has 5 nitrogen and oxygen atoms in total. The van der Waals surface area contributed by atoms with Crippen molar-refractivity contribution >= 4 is 16.8 Å². The van der Waals surface area contributed by atoms with E-state index in [2.05, 4.69) is 29.2 Å². The van der Waals surface area contributed by atoms with Gasteiger partial charge in [0, 0.05) is 22.3 Å². The Morgan fingerprint density at radius 2 is 1.90 bits per heavy atom. The second-order valence-electron chi connectivity index (χ2n) is 7.68. The average molecular weight is 411 g/mol. The van der Waals surface area contributed by atoms with Crippen molar-refractivity contribution in [1.82, 2.24) is 4.90 Å². The van der Waals surface area contributed by atoms with E-state index < -0.39 is 10.9 Å². The molecule has 0 heterocycles. The Kier molecular flexibility index (Phi) is 8.27. The largest absolute Gasteiger partial charge is 0.305 e. The molecule has 2 N–H and O–H groups in total. The minimum atomic E-state index is -0.980. The molecule has 2 aromatic rings. The van der Waals surface area contributed by atoms with Gasteiger partial charge in [-0.1, -0.05) is 32.9 Å². The molecule has 1 amide bonds. The lowest BCUT2D eigenvalue weighted by Gasteiger charge is -2.16. The zero-order valence-corrected chi connectivity index (χ0v) is 18.7. The fourth-order valence-corrected chi connectivity index (χ4v) is 4.12. The predicted molar refractivity (Wildman–Crippen MR) is 119 cm³/mol. The first-order valence-electron chi connectivity index (χ1n) is 9.78. The van der Waals surface area contributed by atoms with Gasteiger partial charge in [0.1, 0.15) is 0 Å². The molecule has 0 radical (unpaired) electrons. The number of carbonyl (C=O) groups excluding carboxylic acids is 1. The molecule has 0 saturated carbocycles. The van der Waals surface area contributed by atoms with Crippen molar-refractivity contribution in [2.75, 3.05) is 14.1 Å². The maximum absolute atomic E-state index is 12.7. The van der Waals surface area contributed by atoms with Crippen molar-refractivity contribution in [3.8, 4) is 6.07 Å². The summed E-state index contributed by atoms with van der Waals surface area (Å²) < 4.78 is 4.24. The van der Waals surface area contributed by atoms with Gasteiger partial charge in [-0.05, 0) is 73.0 Å². The van der Waals surface area contributed by atoms with E-state index in [0.717, 1.165) is 34.6 Å². The van der Waals surface area contributed by atoms with E-state index in [0.29, 0.717) is 5.56 Å². The lowest BCUT2D eigenvalue weighted by Crippen LogP contribution is -2.12. The number of hydrogen-bond donors (Lipinski definition) is 1. The van der Waals surface area contributed by atoms with Gasteiger partial charge in [-0.2, -0.15) is 9.62 Å². The third-order valence-electron chi connectivity index (χ3n) is 4.70. The van der Waals surface area contributed by atoms with Crippen molar-refractivity contribution in [2.45, 2.75) is 51.0 Å². The summed E-state index contributed by atoms with van der Waals surface area (Å²) in [5, 5.41) is 15.5. The molecule has 1 unspecified atom stereocenters. The second-order valence-corrected chi connectivity index (χ2v) is 8.96. The summed E-state index contributed by atoms with van der Waals surface area (Å²) in [5.74, 6) is -0.00808. The van der Waals surface area contributed by atoms with E-state index >= 15 is 0 Å². The van der Waals surface area contributed by atoms with Crippen LogP contribution in [-0.2, 0) is 35.1 Å². The summed E-state index contributed by atoms with van der Waals surface area (Å²) >= 11 is 0. The SMILES string of the molecule is CCc1cc(C#N)cc(C(C)C)c1CC(=O)N=S(N)c1ccc(CN(C)C)cc1. The molecule has 2 rings (SSSR count). The third-order valence-corrected chi connectivity index (χ3v) is 5.86. The smallest absolute Gasteiger partial charge is 0.257 e. The minimum Gasteiger partial charge on any atom is -0.305 e. The van der Waals surface area contributed by atoms with Gasteiger partial charge in [0.2, 0.25) is 0 Å². The summed E-state index contributed by atoms with van der Waals surface area (Å²) in [6, 6.07) is 13.9. The standard InChI is InChI=1S/C23H30N4OS/c1-6-19-11-18(14-24)12-21(16(2)3)22(19)13-23(28)26-29(25)20-9-7-17(8-10-20)15-27(4)5/h7-12,16H,6,13,15H2,1-5H3,(H2,25,26,28). The highest BCUT2D eigenvalue weighted by molar-refractivity contribution is 7.85. The first-order valence-corrected chi connectivity index (χ1v) is 11.0. The number of amides is 1. The van der Waals surface area contributed by atoms with E-state index in [9.17, 15) is 10.1 Å². The van der Waals surface area contributed by atoms with E-state index in [1.54, 1.807) is 0 Å². The zero-order chi connectivity index (χ0) is 21.6.